The van der Waals surface area contributed by atoms with Gasteiger partial charge in [-0.3, -0.25) is 0 Å². The molecule has 4 nitrogen and oxygen atoms in total. The van der Waals surface area contributed by atoms with Crippen molar-refractivity contribution in [2.24, 2.45) is 4.99 Å². The average molecular weight is 252 g/mol. The molecular formula is C14H24N2O2. The molecule has 0 aromatic rings. The van der Waals surface area contributed by atoms with Crippen LogP contribution in [0.3, 0.4) is 0 Å². The zero-order valence-electron chi connectivity index (χ0n) is 11.5. The molecule has 4 heteroatoms. The quantitative estimate of drug-likeness (QED) is 0.680. The van der Waals surface area contributed by atoms with Crippen molar-refractivity contribution in [3.05, 3.63) is 24.3 Å². The van der Waals surface area contributed by atoms with E-state index >= 15 is 0 Å². The minimum absolute atomic E-state index is 0.674. The molecule has 18 heavy (non-hydrogen) atoms. The first-order valence-corrected chi connectivity index (χ1v) is 6.52. The standard InChI is InChI=1S/C14H24N2O2/c1-17-13-9-5-8-12-16-11-7-4-3-6-10-15-14(16)18-2/h3-4,6-7H,5,8-13H2,1-2H3/b6-3-,7-4-,15-14?. The first kappa shape index (κ1) is 14.8. The van der Waals surface area contributed by atoms with Crippen LogP contribution in [0, 0.1) is 0 Å². The summed E-state index contributed by atoms with van der Waals surface area (Å²) in [5.41, 5.74) is 0. The van der Waals surface area contributed by atoms with Gasteiger partial charge in [-0.25, -0.2) is 4.99 Å². The molecule has 0 fully saturated rings. The van der Waals surface area contributed by atoms with Gasteiger partial charge < -0.3 is 14.4 Å². The number of amidine groups is 1. The maximum absolute atomic E-state index is 5.36. The van der Waals surface area contributed by atoms with E-state index < -0.39 is 0 Å². The fourth-order valence-corrected chi connectivity index (χ4v) is 1.82. The Morgan fingerprint density at radius 2 is 2.00 bits per heavy atom. The number of rotatable bonds is 6. The zero-order chi connectivity index (χ0) is 13.1. The van der Waals surface area contributed by atoms with Crippen LogP contribution in [0.15, 0.2) is 29.3 Å². The molecule has 0 saturated carbocycles. The molecule has 0 saturated heterocycles. The molecule has 1 aliphatic heterocycles. The van der Waals surface area contributed by atoms with Gasteiger partial charge in [-0.15, -0.1) is 0 Å². The van der Waals surface area contributed by atoms with Crippen molar-refractivity contribution in [3.63, 3.8) is 0 Å². The number of hydrogen-bond acceptors (Lipinski definition) is 4. The van der Waals surface area contributed by atoms with Crippen LogP contribution >= 0.6 is 0 Å². The summed E-state index contributed by atoms with van der Waals surface area (Å²) in [4.78, 5) is 6.60. The van der Waals surface area contributed by atoms with Gasteiger partial charge in [0.1, 0.15) is 0 Å². The van der Waals surface area contributed by atoms with Crippen LogP contribution in [0.5, 0.6) is 0 Å². The molecule has 0 unspecified atom stereocenters. The van der Waals surface area contributed by atoms with Crippen molar-refractivity contribution < 1.29 is 9.47 Å². The second kappa shape index (κ2) is 9.71. The number of unbranched alkanes of at least 4 members (excludes halogenated alkanes) is 2. The molecule has 1 heterocycles. The number of nitrogens with zero attached hydrogens (tertiary/aromatic N) is 2. The molecule has 1 aliphatic rings. The van der Waals surface area contributed by atoms with Crippen molar-refractivity contribution >= 4 is 6.02 Å². The lowest BCUT2D eigenvalue weighted by atomic mass is 10.2. The van der Waals surface area contributed by atoms with E-state index in [1.165, 1.54) is 6.42 Å². The first-order chi connectivity index (χ1) is 8.88. The highest BCUT2D eigenvalue weighted by molar-refractivity contribution is 5.74. The predicted octanol–water partition coefficient (Wildman–Crippen LogP) is 2.23. The monoisotopic (exact) mass is 252 g/mol. The lowest BCUT2D eigenvalue weighted by Gasteiger charge is -2.23. The molecule has 102 valence electrons. The Morgan fingerprint density at radius 1 is 1.17 bits per heavy atom. The summed E-state index contributed by atoms with van der Waals surface area (Å²) in [5, 5.41) is 0. The van der Waals surface area contributed by atoms with Gasteiger partial charge in [0.25, 0.3) is 6.02 Å². The number of hydrogen-bond donors (Lipinski definition) is 0. The van der Waals surface area contributed by atoms with Gasteiger partial charge in [0, 0.05) is 26.8 Å². The number of allylic oxidation sites excluding steroid dienone is 2. The van der Waals surface area contributed by atoms with Gasteiger partial charge in [-0.05, 0) is 19.3 Å². The Morgan fingerprint density at radius 3 is 2.78 bits per heavy atom. The van der Waals surface area contributed by atoms with E-state index in [0.717, 1.165) is 38.6 Å². The summed E-state index contributed by atoms with van der Waals surface area (Å²) in [6.07, 6.45) is 11.7. The predicted molar refractivity (Wildman–Crippen MR) is 74.9 cm³/mol. The summed E-state index contributed by atoms with van der Waals surface area (Å²) in [7, 11) is 3.43. The van der Waals surface area contributed by atoms with Crippen LogP contribution in [0.1, 0.15) is 19.3 Å². The maximum Gasteiger partial charge on any atom is 0.287 e. The SMILES string of the molecule is COCCCCCN1C/C=C\C=C/CN=C1OC. The third kappa shape index (κ3) is 5.87. The summed E-state index contributed by atoms with van der Waals surface area (Å²) in [5.74, 6) is 0. The summed E-state index contributed by atoms with van der Waals surface area (Å²) < 4.78 is 10.4. The van der Waals surface area contributed by atoms with Gasteiger partial charge >= 0.3 is 0 Å². The van der Waals surface area contributed by atoms with Gasteiger partial charge in [-0.1, -0.05) is 24.3 Å². The van der Waals surface area contributed by atoms with Gasteiger partial charge in [-0.2, -0.15) is 0 Å². The molecule has 0 spiro atoms. The van der Waals surface area contributed by atoms with Crippen LogP contribution in [0.2, 0.25) is 0 Å². The fraction of sp³-hybridized carbons (Fsp3) is 0.643. The lowest BCUT2D eigenvalue weighted by molar-refractivity contribution is 0.190. The third-order valence-electron chi connectivity index (χ3n) is 2.77. The molecule has 1 rings (SSSR count). The van der Waals surface area contributed by atoms with Crippen LogP contribution in [0.25, 0.3) is 0 Å². The number of aliphatic imine (C=N–C) groups is 1. The lowest BCUT2D eigenvalue weighted by Crippen LogP contribution is -2.33. The highest BCUT2D eigenvalue weighted by Crippen LogP contribution is 2.03. The smallest absolute Gasteiger partial charge is 0.287 e. The van der Waals surface area contributed by atoms with Crippen LogP contribution < -0.4 is 0 Å². The molecule has 0 atom stereocenters. The van der Waals surface area contributed by atoms with Gasteiger partial charge in [0.15, 0.2) is 0 Å². The summed E-state index contributed by atoms with van der Waals surface area (Å²) in [6, 6.07) is 0.734. The summed E-state index contributed by atoms with van der Waals surface area (Å²) in [6.45, 7) is 3.34. The number of ether oxygens (including phenoxy) is 2. The maximum atomic E-state index is 5.36. The van der Waals surface area contributed by atoms with E-state index in [1.807, 2.05) is 12.2 Å². The first-order valence-electron chi connectivity index (χ1n) is 6.52. The second-order valence-corrected chi connectivity index (χ2v) is 4.18. The topological polar surface area (TPSA) is 34.1 Å². The van der Waals surface area contributed by atoms with Gasteiger partial charge in [0.2, 0.25) is 0 Å². The van der Waals surface area contributed by atoms with E-state index in [1.54, 1.807) is 14.2 Å². The van der Waals surface area contributed by atoms with Crippen LogP contribution in [0.4, 0.5) is 0 Å². The molecule has 0 amide bonds. The van der Waals surface area contributed by atoms with E-state index in [0.29, 0.717) is 6.54 Å². The third-order valence-corrected chi connectivity index (χ3v) is 2.77. The van der Waals surface area contributed by atoms with Crippen molar-refractivity contribution in [2.45, 2.75) is 19.3 Å². The molecular weight excluding hydrogens is 228 g/mol. The van der Waals surface area contributed by atoms with Crippen LogP contribution in [-0.4, -0.2) is 51.4 Å². The van der Waals surface area contributed by atoms with E-state index in [9.17, 15) is 0 Å². The van der Waals surface area contributed by atoms with Crippen molar-refractivity contribution in [1.82, 2.24) is 4.90 Å². The second-order valence-electron chi connectivity index (χ2n) is 4.18. The van der Waals surface area contributed by atoms with Crippen molar-refractivity contribution in [2.75, 3.05) is 40.5 Å². The Kier molecular flexibility index (Phi) is 7.97. The minimum atomic E-state index is 0.674. The molecule has 0 aromatic carbocycles. The van der Waals surface area contributed by atoms with Gasteiger partial charge in [0.05, 0.1) is 13.7 Å². The highest BCUT2D eigenvalue weighted by atomic mass is 16.5. The van der Waals surface area contributed by atoms with E-state index in [-0.39, 0.29) is 0 Å². The minimum Gasteiger partial charge on any atom is -0.468 e. The largest absolute Gasteiger partial charge is 0.468 e. The number of methoxy groups -OCH3 is 2. The van der Waals surface area contributed by atoms with Crippen LogP contribution in [-0.2, 0) is 9.47 Å². The molecule has 0 aliphatic carbocycles. The molecule has 0 N–H and O–H groups in total. The average Bonchev–Trinajstić information content (AvgIpc) is 2.50. The van der Waals surface area contributed by atoms with Crippen molar-refractivity contribution in [3.8, 4) is 0 Å². The zero-order valence-corrected chi connectivity index (χ0v) is 11.5. The normalized spacial score (nSPS) is 19.4. The molecule has 0 radical (unpaired) electrons. The van der Waals surface area contributed by atoms with E-state index in [2.05, 4.69) is 22.0 Å². The molecule has 0 bridgehead atoms. The Hall–Kier alpha value is -1.29. The highest BCUT2D eigenvalue weighted by Gasteiger charge is 2.09. The fourth-order valence-electron chi connectivity index (χ4n) is 1.82. The Balaban J connectivity index is 2.40. The molecule has 0 aromatic heterocycles. The van der Waals surface area contributed by atoms with Crippen molar-refractivity contribution in [1.29, 1.82) is 0 Å². The Bertz CT molecular complexity index is 298. The van der Waals surface area contributed by atoms with E-state index in [4.69, 9.17) is 9.47 Å². The Labute approximate surface area is 110 Å². The summed E-state index contributed by atoms with van der Waals surface area (Å²) >= 11 is 0.